The molecule has 0 aliphatic carbocycles. The summed E-state index contributed by atoms with van der Waals surface area (Å²) in [5.74, 6) is -0.444. The van der Waals surface area contributed by atoms with Crippen LogP contribution in [0.5, 0.6) is 0 Å². The van der Waals surface area contributed by atoms with Gasteiger partial charge in [-0.05, 0) is 30.7 Å². The van der Waals surface area contributed by atoms with Crippen molar-refractivity contribution in [3.8, 4) is 11.3 Å². The molecule has 1 heterocycles. The third-order valence-electron chi connectivity index (χ3n) is 2.48. The standard InChI is InChI=1S/C12H8FNO4/c1-7-4-9(11(14(16)17)5-10(7)13)12-3-2-8(6-15)18-12/h2-6H,1H3. The minimum Gasteiger partial charge on any atom is -0.453 e. The number of furan rings is 1. The fourth-order valence-corrected chi connectivity index (χ4v) is 1.58. The molecule has 6 heteroatoms. The molecular formula is C12H8FNO4. The van der Waals surface area contributed by atoms with Gasteiger partial charge in [0.1, 0.15) is 11.6 Å². The SMILES string of the molecule is Cc1cc(-c2ccc(C=O)o2)c([N+](=O)[O-])cc1F. The fraction of sp³-hybridized carbons (Fsp3) is 0.0833. The lowest BCUT2D eigenvalue weighted by Gasteiger charge is -2.02. The topological polar surface area (TPSA) is 73.3 Å². The molecule has 1 aromatic heterocycles. The van der Waals surface area contributed by atoms with Crippen molar-refractivity contribution >= 4 is 12.0 Å². The van der Waals surface area contributed by atoms with Gasteiger partial charge in [-0.25, -0.2) is 4.39 Å². The summed E-state index contributed by atoms with van der Waals surface area (Å²) < 4.78 is 18.4. The van der Waals surface area contributed by atoms with E-state index in [2.05, 4.69) is 0 Å². The molecule has 1 aromatic carbocycles. The molecule has 0 radical (unpaired) electrons. The van der Waals surface area contributed by atoms with Gasteiger partial charge in [0.15, 0.2) is 12.0 Å². The average Bonchev–Trinajstić information content (AvgIpc) is 2.80. The average molecular weight is 249 g/mol. The van der Waals surface area contributed by atoms with Gasteiger partial charge in [-0.15, -0.1) is 0 Å². The van der Waals surface area contributed by atoms with Crippen LogP contribution in [0.25, 0.3) is 11.3 Å². The van der Waals surface area contributed by atoms with Crippen LogP contribution < -0.4 is 0 Å². The highest BCUT2D eigenvalue weighted by Gasteiger charge is 2.20. The van der Waals surface area contributed by atoms with Crippen molar-refractivity contribution in [3.05, 3.63) is 51.5 Å². The van der Waals surface area contributed by atoms with Crippen LogP contribution in [-0.4, -0.2) is 11.2 Å². The Morgan fingerprint density at radius 1 is 1.39 bits per heavy atom. The number of aldehydes is 1. The molecule has 0 N–H and O–H groups in total. The second-order valence-corrected chi connectivity index (χ2v) is 3.70. The van der Waals surface area contributed by atoms with Gasteiger partial charge in [0.2, 0.25) is 0 Å². The molecular weight excluding hydrogens is 241 g/mol. The Labute approximate surface area is 101 Å². The van der Waals surface area contributed by atoms with Crippen molar-refractivity contribution in [2.75, 3.05) is 0 Å². The Kier molecular flexibility index (Phi) is 2.93. The van der Waals surface area contributed by atoms with Gasteiger partial charge in [-0.2, -0.15) is 0 Å². The number of carbonyl (C=O) groups is 1. The minimum absolute atomic E-state index is 0.0567. The molecule has 5 nitrogen and oxygen atoms in total. The summed E-state index contributed by atoms with van der Waals surface area (Å²) in [6.07, 6.45) is 0.492. The number of rotatable bonds is 3. The molecule has 2 aromatic rings. The number of halogens is 1. The first-order valence-corrected chi connectivity index (χ1v) is 5.03. The zero-order valence-corrected chi connectivity index (χ0v) is 9.34. The lowest BCUT2D eigenvalue weighted by Crippen LogP contribution is -1.94. The summed E-state index contributed by atoms with van der Waals surface area (Å²) in [5.41, 5.74) is 0.0107. The number of nitro benzene ring substituents is 1. The first-order valence-electron chi connectivity index (χ1n) is 5.03. The monoisotopic (exact) mass is 249 g/mol. The number of benzene rings is 1. The molecule has 18 heavy (non-hydrogen) atoms. The molecule has 0 aliphatic rings. The Hall–Kier alpha value is -2.50. The minimum atomic E-state index is -0.693. The molecule has 0 fully saturated rings. The van der Waals surface area contributed by atoms with Gasteiger partial charge < -0.3 is 4.42 Å². The van der Waals surface area contributed by atoms with E-state index in [1.54, 1.807) is 0 Å². The predicted molar refractivity (Wildman–Crippen MR) is 60.9 cm³/mol. The van der Waals surface area contributed by atoms with Crippen molar-refractivity contribution in [2.45, 2.75) is 6.92 Å². The summed E-state index contributed by atoms with van der Waals surface area (Å²) in [7, 11) is 0. The predicted octanol–water partition coefficient (Wildman–Crippen LogP) is 3.11. The van der Waals surface area contributed by atoms with Crippen LogP contribution in [0, 0.1) is 22.9 Å². The van der Waals surface area contributed by atoms with E-state index in [-0.39, 0.29) is 22.6 Å². The van der Waals surface area contributed by atoms with E-state index in [9.17, 15) is 19.3 Å². The maximum absolute atomic E-state index is 13.3. The molecule has 0 aliphatic heterocycles. The third-order valence-corrected chi connectivity index (χ3v) is 2.48. The largest absolute Gasteiger partial charge is 0.453 e. The summed E-state index contributed by atoms with van der Waals surface area (Å²) in [5, 5.41) is 10.9. The van der Waals surface area contributed by atoms with Crippen molar-refractivity contribution in [2.24, 2.45) is 0 Å². The third kappa shape index (κ3) is 2.00. The second-order valence-electron chi connectivity index (χ2n) is 3.70. The van der Waals surface area contributed by atoms with E-state index in [0.717, 1.165) is 6.07 Å². The number of hydrogen-bond acceptors (Lipinski definition) is 4. The summed E-state index contributed by atoms with van der Waals surface area (Å²) >= 11 is 0. The van der Waals surface area contributed by atoms with Crippen LogP contribution >= 0.6 is 0 Å². The van der Waals surface area contributed by atoms with Gasteiger partial charge >= 0.3 is 0 Å². The van der Waals surface area contributed by atoms with Gasteiger partial charge in [0, 0.05) is 0 Å². The van der Waals surface area contributed by atoms with E-state index < -0.39 is 16.4 Å². The molecule has 0 spiro atoms. The molecule has 0 saturated heterocycles. The fourth-order valence-electron chi connectivity index (χ4n) is 1.58. The molecule has 0 bridgehead atoms. The Bertz CT molecular complexity index is 633. The highest BCUT2D eigenvalue weighted by Crippen LogP contribution is 2.33. The zero-order chi connectivity index (χ0) is 13.3. The Morgan fingerprint density at radius 2 is 2.11 bits per heavy atom. The van der Waals surface area contributed by atoms with Crippen LogP contribution in [0.4, 0.5) is 10.1 Å². The van der Waals surface area contributed by atoms with Crippen molar-refractivity contribution in [3.63, 3.8) is 0 Å². The second kappa shape index (κ2) is 4.40. The Morgan fingerprint density at radius 3 is 2.67 bits per heavy atom. The number of nitrogens with zero attached hydrogens (tertiary/aromatic N) is 1. The van der Waals surface area contributed by atoms with Crippen LogP contribution in [0.15, 0.2) is 28.7 Å². The number of nitro groups is 1. The van der Waals surface area contributed by atoms with Crippen LogP contribution in [0.1, 0.15) is 16.1 Å². The van der Waals surface area contributed by atoms with Gasteiger partial charge in [0.05, 0.1) is 16.6 Å². The molecule has 0 atom stereocenters. The number of hydrogen-bond donors (Lipinski definition) is 0. The molecule has 2 rings (SSSR count). The maximum Gasteiger partial charge on any atom is 0.283 e. The summed E-state index contributed by atoms with van der Waals surface area (Å²) in [4.78, 5) is 20.7. The van der Waals surface area contributed by atoms with Crippen molar-refractivity contribution in [1.82, 2.24) is 0 Å². The number of carbonyl (C=O) groups excluding carboxylic acids is 1. The van der Waals surface area contributed by atoms with Crippen LogP contribution in [-0.2, 0) is 0 Å². The zero-order valence-electron chi connectivity index (χ0n) is 9.34. The van der Waals surface area contributed by atoms with Crippen molar-refractivity contribution < 1.29 is 18.5 Å². The van der Waals surface area contributed by atoms with E-state index in [1.165, 1.54) is 25.1 Å². The smallest absolute Gasteiger partial charge is 0.283 e. The lowest BCUT2D eigenvalue weighted by molar-refractivity contribution is -0.384. The molecule has 0 unspecified atom stereocenters. The van der Waals surface area contributed by atoms with Crippen LogP contribution in [0.2, 0.25) is 0 Å². The summed E-state index contributed by atoms with van der Waals surface area (Å²) in [6.45, 7) is 1.49. The molecule has 0 saturated carbocycles. The van der Waals surface area contributed by atoms with Crippen molar-refractivity contribution in [1.29, 1.82) is 0 Å². The quantitative estimate of drug-likeness (QED) is 0.476. The highest BCUT2D eigenvalue weighted by atomic mass is 19.1. The van der Waals surface area contributed by atoms with E-state index in [1.807, 2.05) is 0 Å². The maximum atomic E-state index is 13.3. The van der Waals surface area contributed by atoms with Crippen LogP contribution in [0.3, 0.4) is 0 Å². The lowest BCUT2D eigenvalue weighted by atomic mass is 10.1. The van der Waals surface area contributed by atoms with Gasteiger partial charge in [0.25, 0.3) is 5.69 Å². The van der Waals surface area contributed by atoms with Gasteiger partial charge in [-0.3, -0.25) is 14.9 Å². The van der Waals surface area contributed by atoms with E-state index in [4.69, 9.17) is 4.42 Å². The Balaban J connectivity index is 2.65. The highest BCUT2D eigenvalue weighted by molar-refractivity contribution is 5.75. The molecule has 92 valence electrons. The normalized spacial score (nSPS) is 10.3. The number of aryl methyl sites for hydroxylation is 1. The van der Waals surface area contributed by atoms with Gasteiger partial charge in [-0.1, -0.05) is 0 Å². The first-order chi connectivity index (χ1) is 8.52. The first kappa shape index (κ1) is 12.0. The van der Waals surface area contributed by atoms with E-state index >= 15 is 0 Å². The van der Waals surface area contributed by atoms with E-state index in [0.29, 0.717) is 6.29 Å². The summed E-state index contributed by atoms with van der Waals surface area (Å²) in [6, 6.07) is 4.99. The molecule has 0 amide bonds.